The summed E-state index contributed by atoms with van der Waals surface area (Å²) in [6.45, 7) is 1.45. The standard InChI is InChI=1S/C12H15NO5.C10H13NO3.C9H11NO3/c1-8(14)17-7-18-12(16)5-9-2-3-11(15)10(4-9)6-13;1-14-10(13)5-7-2-3-9(12)8(4-7)6-11;10-5-7-3-6(4-9(12)13)1-2-8(7)11/h2-4,15H,5-7,13H2,1H3;2-4,12H,5-6,11H2,1H3;1-3,11H,4-5,10H2,(H,12,13)/p-1. The largest absolute Gasteiger partial charge is 0.550 e. The van der Waals surface area contributed by atoms with E-state index in [-0.39, 0.29) is 62.1 Å². The Morgan fingerprint density at radius 2 is 1.02 bits per heavy atom. The lowest BCUT2D eigenvalue weighted by Crippen LogP contribution is -2.24. The number of aliphatic carboxylic acids is 1. The molecule has 0 aliphatic heterocycles. The highest BCUT2D eigenvalue weighted by molar-refractivity contribution is 5.73. The molecule has 3 rings (SSSR count). The summed E-state index contributed by atoms with van der Waals surface area (Å²) in [6.07, 6.45) is 0.0611. The summed E-state index contributed by atoms with van der Waals surface area (Å²) in [4.78, 5) is 43.0. The fourth-order valence-corrected chi connectivity index (χ4v) is 3.54. The first-order valence-corrected chi connectivity index (χ1v) is 13.4. The minimum Gasteiger partial charge on any atom is -0.550 e. The van der Waals surface area contributed by atoms with Crippen LogP contribution < -0.4 is 22.3 Å². The number of phenolic OH excluding ortho intramolecular Hbond substituents is 3. The van der Waals surface area contributed by atoms with Gasteiger partial charge in [0.2, 0.25) is 6.79 Å². The molecule has 0 heterocycles. The summed E-state index contributed by atoms with van der Waals surface area (Å²) in [5.41, 5.74) is 19.9. The number of hydrogen-bond acceptors (Lipinski definition) is 14. The highest BCUT2D eigenvalue weighted by atomic mass is 16.7. The molecule has 0 radical (unpaired) electrons. The van der Waals surface area contributed by atoms with Gasteiger partial charge >= 0.3 is 17.9 Å². The third kappa shape index (κ3) is 14.7. The Kier molecular flexibility index (Phi) is 16.7. The molecule has 244 valence electrons. The van der Waals surface area contributed by atoms with Crippen LogP contribution in [-0.4, -0.2) is 53.1 Å². The minimum atomic E-state index is -1.14. The molecule has 14 nitrogen and oxygen atoms in total. The second-order valence-corrected chi connectivity index (χ2v) is 9.25. The van der Waals surface area contributed by atoms with Crippen LogP contribution in [0.3, 0.4) is 0 Å². The number of phenols is 3. The number of aromatic hydroxyl groups is 3. The van der Waals surface area contributed by atoms with E-state index in [0.29, 0.717) is 27.8 Å². The molecule has 0 fully saturated rings. The van der Waals surface area contributed by atoms with E-state index in [1.165, 1.54) is 38.3 Å². The van der Waals surface area contributed by atoms with Crippen LogP contribution in [-0.2, 0) is 72.3 Å². The minimum absolute atomic E-state index is 0.0224. The molecular weight excluding hydrogens is 590 g/mol. The average molecular weight is 629 g/mol. The Bertz CT molecular complexity index is 1440. The predicted molar refractivity (Wildman–Crippen MR) is 159 cm³/mol. The van der Waals surface area contributed by atoms with Gasteiger partial charge in [0.25, 0.3) is 0 Å². The highest BCUT2D eigenvalue weighted by Crippen LogP contribution is 2.20. The monoisotopic (exact) mass is 628 g/mol. The number of carbonyl (C=O) groups excluding carboxylic acids is 4. The van der Waals surface area contributed by atoms with Crippen molar-refractivity contribution < 1.29 is 53.8 Å². The van der Waals surface area contributed by atoms with Gasteiger partial charge in [-0.05, 0) is 34.9 Å². The van der Waals surface area contributed by atoms with Crippen LogP contribution >= 0.6 is 0 Å². The zero-order chi connectivity index (χ0) is 33.9. The number of benzene rings is 3. The van der Waals surface area contributed by atoms with E-state index in [1.54, 1.807) is 30.3 Å². The lowest BCUT2D eigenvalue weighted by molar-refractivity contribution is -0.304. The number of carbonyl (C=O) groups is 4. The number of esters is 3. The molecular formula is C31H38N3O11-. The van der Waals surface area contributed by atoms with Crippen LogP contribution in [0.15, 0.2) is 54.6 Å². The van der Waals surface area contributed by atoms with Crippen LogP contribution in [0.2, 0.25) is 0 Å². The highest BCUT2D eigenvalue weighted by Gasteiger charge is 2.08. The predicted octanol–water partition coefficient (Wildman–Crippen LogP) is 0.167. The van der Waals surface area contributed by atoms with Gasteiger partial charge in [0.05, 0.1) is 20.0 Å². The van der Waals surface area contributed by atoms with E-state index in [9.17, 15) is 39.6 Å². The van der Waals surface area contributed by atoms with E-state index < -0.39 is 24.7 Å². The number of nitrogens with two attached hydrogens (primary N) is 3. The summed E-state index contributed by atoms with van der Waals surface area (Å²) >= 11 is 0. The number of carboxylic acid groups (broad SMARTS) is 1. The second kappa shape index (κ2) is 19.9. The Balaban J connectivity index is 0.000000343. The van der Waals surface area contributed by atoms with Gasteiger partial charge < -0.3 is 56.6 Å². The zero-order valence-corrected chi connectivity index (χ0v) is 25.0. The molecule has 14 heteroatoms. The molecule has 3 aromatic carbocycles. The maximum atomic E-state index is 11.4. The first kappa shape index (κ1) is 37.8. The summed E-state index contributed by atoms with van der Waals surface area (Å²) in [5.74, 6) is -2.16. The Morgan fingerprint density at radius 1 is 0.644 bits per heavy atom. The zero-order valence-electron chi connectivity index (χ0n) is 25.0. The van der Waals surface area contributed by atoms with E-state index in [1.807, 2.05) is 0 Å². The lowest BCUT2D eigenvalue weighted by atomic mass is 10.1. The fourth-order valence-electron chi connectivity index (χ4n) is 3.54. The van der Waals surface area contributed by atoms with E-state index in [0.717, 1.165) is 5.56 Å². The van der Waals surface area contributed by atoms with E-state index in [4.69, 9.17) is 17.2 Å². The molecule has 0 spiro atoms. The van der Waals surface area contributed by atoms with Crippen molar-refractivity contribution in [1.29, 1.82) is 0 Å². The molecule has 0 saturated heterocycles. The van der Waals surface area contributed by atoms with Gasteiger partial charge in [-0.3, -0.25) is 14.4 Å². The van der Waals surface area contributed by atoms with Crippen molar-refractivity contribution >= 4 is 23.9 Å². The number of carboxylic acids is 1. The fraction of sp³-hybridized carbons (Fsp3) is 0.290. The summed E-state index contributed by atoms with van der Waals surface area (Å²) in [6, 6.07) is 14.1. The number of hydrogen-bond donors (Lipinski definition) is 6. The molecule has 9 N–H and O–H groups in total. The molecule has 3 aromatic rings. The smallest absolute Gasteiger partial charge is 0.313 e. The maximum absolute atomic E-state index is 11.4. The molecule has 45 heavy (non-hydrogen) atoms. The first-order chi connectivity index (χ1) is 21.3. The molecule has 0 unspecified atom stereocenters. The summed E-state index contributed by atoms with van der Waals surface area (Å²) in [5, 5.41) is 38.2. The van der Waals surface area contributed by atoms with E-state index >= 15 is 0 Å². The summed E-state index contributed by atoms with van der Waals surface area (Å²) < 4.78 is 13.7. The molecule has 0 atom stereocenters. The van der Waals surface area contributed by atoms with Gasteiger partial charge in [0, 0.05) is 55.6 Å². The van der Waals surface area contributed by atoms with Crippen molar-refractivity contribution in [3.05, 3.63) is 88.0 Å². The third-order valence-electron chi connectivity index (χ3n) is 5.85. The SMILES string of the molecule is CC(=O)OCOC(=O)Cc1ccc(O)c(CN)c1.COC(=O)Cc1ccc(O)c(CN)c1.NCc1cc(CC(=O)[O-])ccc1O. The van der Waals surface area contributed by atoms with Crippen LogP contribution in [0.25, 0.3) is 0 Å². The molecule has 0 aromatic heterocycles. The third-order valence-corrected chi connectivity index (χ3v) is 5.85. The number of rotatable bonds is 11. The molecule has 0 aliphatic carbocycles. The normalized spacial score (nSPS) is 9.89. The summed E-state index contributed by atoms with van der Waals surface area (Å²) in [7, 11) is 1.34. The van der Waals surface area contributed by atoms with Crippen molar-refractivity contribution in [1.82, 2.24) is 0 Å². The van der Waals surface area contributed by atoms with Gasteiger partial charge in [0.15, 0.2) is 0 Å². The van der Waals surface area contributed by atoms with Gasteiger partial charge in [-0.25, -0.2) is 0 Å². The van der Waals surface area contributed by atoms with E-state index in [2.05, 4.69) is 14.2 Å². The van der Waals surface area contributed by atoms with Gasteiger partial charge in [-0.2, -0.15) is 0 Å². The van der Waals surface area contributed by atoms with Crippen LogP contribution in [0.5, 0.6) is 17.2 Å². The van der Waals surface area contributed by atoms with Gasteiger partial charge in [-0.1, -0.05) is 36.4 Å². The molecule has 0 bridgehead atoms. The second-order valence-electron chi connectivity index (χ2n) is 9.25. The lowest BCUT2D eigenvalue weighted by Gasteiger charge is -2.07. The van der Waals surface area contributed by atoms with Crippen molar-refractivity contribution in [2.75, 3.05) is 13.9 Å². The van der Waals surface area contributed by atoms with Crippen molar-refractivity contribution in [3.63, 3.8) is 0 Å². The van der Waals surface area contributed by atoms with Gasteiger partial charge in [-0.15, -0.1) is 0 Å². The van der Waals surface area contributed by atoms with Crippen LogP contribution in [0.1, 0.15) is 40.3 Å². The topological polar surface area (TPSA) is 258 Å². The van der Waals surface area contributed by atoms with Gasteiger partial charge in [0.1, 0.15) is 17.2 Å². The number of methoxy groups -OCH3 is 1. The molecule has 0 saturated carbocycles. The quantitative estimate of drug-likeness (QED) is 0.122. The molecule has 0 aliphatic rings. The Morgan fingerprint density at radius 3 is 1.36 bits per heavy atom. The maximum Gasteiger partial charge on any atom is 0.313 e. The number of ether oxygens (including phenoxy) is 3. The average Bonchev–Trinajstić information content (AvgIpc) is 3.00. The van der Waals surface area contributed by atoms with Crippen molar-refractivity contribution in [2.45, 2.75) is 45.8 Å². The first-order valence-electron chi connectivity index (χ1n) is 13.4. The van der Waals surface area contributed by atoms with Crippen LogP contribution in [0, 0.1) is 0 Å². The van der Waals surface area contributed by atoms with Crippen molar-refractivity contribution in [3.8, 4) is 17.2 Å². The van der Waals surface area contributed by atoms with Crippen LogP contribution in [0.4, 0.5) is 0 Å². The Hall–Kier alpha value is -5.18. The Labute approximate surface area is 259 Å². The molecule has 0 amide bonds. The van der Waals surface area contributed by atoms with Crippen molar-refractivity contribution in [2.24, 2.45) is 17.2 Å².